The second kappa shape index (κ2) is 9.35. The molecule has 0 spiro atoms. The molecule has 1 aliphatic heterocycles. The molecule has 0 unspecified atom stereocenters. The third-order valence-electron chi connectivity index (χ3n) is 4.17. The number of fused-ring (bicyclic) bond motifs is 1. The minimum atomic E-state index is -0.711. The van der Waals surface area contributed by atoms with Crippen LogP contribution in [0.5, 0.6) is 11.5 Å². The molecule has 0 saturated heterocycles. The van der Waals surface area contributed by atoms with Crippen LogP contribution in [0.25, 0.3) is 5.57 Å². The Morgan fingerprint density at radius 1 is 1.07 bits per heavy atom. The largest absolute Gasteiger partial charge is 0.489 e. The molecule has 3 rings (SSSR count). The lowest BCUT2D eigenvalue weighted by Crippen LogP contribution is -2.44. The molecule has 1 aliphatic rings. The fourth-order valence-electron chi connectivity index (χ4n) is 2.87. The van der Waals surface area contributed by atoms with E-state index < -0.39 is 11.7 Å². The molecule has 7 heteroatoms. The van der Waals surface area contributed by atoms with Gasteiger partial charge in [0.15, 0.2) is 0 Å². The van der Waals surface area contributed by atoms with Crippen molar-refractivity contribution in [3.63, 3.8) is 0 Å². The SMILES string of the molecule is CC(C)(C)OC(=O)NNC(=O)CC1=CCOc2cc(OCc3ccccc3)ccc21. The highest BCUT2D eigenvalue weighted by Crippen LogP contribution is 2.34. The summed E-state index contributed by atoms with van der Waals surface area (Å²) < 4.78 is 16.6. The summed E-state index contributed by atoms with van der Waals surface area (Å²) in [6.45, 7) is 6.06. The van der Waals surface area contributed by atoms with E-state index >= 15 is 0 Å². The molecule has 0 radical (unpaired) electrons. The summed E-state index contributed by atoms with van der Waals surface area (Å²) in [6.07, 6.45) is 1.23. The standard InChI is InChI=1S/C23H26N2O5/c1-23(2,3)30-22(27)25-24-21(26)13-17-11-12-28-20-14-18(9-10-19(17)20)29-15-16-7-5-4-6-8-16/h4-11,14H,12-13,15H2,1-3H3,(H,24,26)(H,25,27). The van der Waals surface area contributed by atoms with Crippen LogP contribution in [-0.2, 0) is 16.1 Å². The highest BCUT2D eigenvalue weighted by atomic mass is 16.6. The molecule has 1 heterocycles. The van der Waals surface area contributed by atoms with Crippen molar-refractivity contribution in [1.29, 1.82) is 0 Å². The molecular weight excluding hydrogens is 384 g/mol. The summed E-state index contributed by atoms with van der Waals surface area (Å²) >= 11 is 0. The topological polar surface area (TPSA) is 85.9 Å². The first-order valence-electron chi connectivity index (χ1n) is 9.71. The van der Waals surface area contributed by atoms with E-state index in [9.17, 15) is 9.59 Å². The lowest BCUT2D eigenvalue weighted by atomic mass is 9.99. The number of carbonyl (C=O) groups excluding carboxylic acids is 2. The van der Waals surface area contributed by atoms with E-state index in [1.165, 1.54) is 0 Å². The normalized spacial score (nSPS) is 12.7. The first kappa shape index (κ1) is 21.2. The van der Waals surface area contributed by atoms with Gasteiger partial charge in [-0.15, -0.1) is 0 Å². The molecule has 0 aliphatic carbocycles. The summed E-state index contributed by atoms with van der Waals surface area (Å²) in [5, 5.41) is 0. The zero-order valence-corrected chi connectivity index (χ0v) is 17.4. The van der Waals surface area contributed by atoms with Gasteiger partial charge in [0.2, 0.25) is 5.91 Å². The highest BCUT2D eigenvalue weighted by Gasteiger charge is 2.19. The number of nitrogens with one attached hydrogen (secondary N) is 2. The van der Waals surface area contributed by atoms with E-state index in [1.54, 1.807) is 20.8 Å². The van der Waals surface area contributed by atoms with E-state index in [-0.39, 0.29) is 12.3 Å². The van der Waals surface area contributed by atoms with Gasteiger partial charge >= 0.3 is 6.09 Å². The average Bonchev–Trinajstić information content (AvgIpc) is 2.70. The summed E-state index contributed by atoms with van der Waals surface area (Å²) in [6, 6.07) is 15.4. The molecular formula is C23H26N2O5. The third-order valence-corrected chi connectivity index (χ3v) is 4.17. The molecule has 0 atom stereocenters. The van der Waals surface area contributed by atoms with Crippen LogP contribution in [0.1, 0.15) is 38.3 Å². The Morgan fingerprint density at radius 3 is 2.57 bits per heavy atom. The number of hydrogen-bond donors (Lipinski definition) is 2. The van der Waals surface area contributed by atoms with E-state index in [2.05, 4.69) is 10.9 Å². The summed E-state index contributed by atoms with van der Waals surface area (Å²) in [5.41, 5.74) is 6.69. The molecule has 2 amide bonds. The summed E-state index contributed by atoms with van der Waals surface area (Å²) in [4.78, 5) is 23.9. The van der Waals surface area contributed by atoms with Crippen molar-refractivity contribution in [2.24, 2.45) is 0 Å². The van der Waals surface area contributed by atoms with Crippen LogP contribution in [0, 0.1) is 0 Å². The van der Waals surface area contributed by atoms with Crippen molar-refractivity contribution in [3.05, 3.63) is 65.7 Å². The molecule has 0 aromatic heterocycles. The van der Waals surface area contributed by atoms with E-state index in [0.29, 0.717) is 24.7 Å². The molecule has 158 valence electrons. The van der Waals surface area contributed by atoms with Crippen molar-refractivity contribution in [3.8, 4) is 11.5 Å². The fraction of sp³-hybridized carbons (Fsp3) is 0.304. The molecule has 30 heavy (non-hydrogen) atoms. The zero-order valence-electron chi connectivity index (χ0n) is 17.4. The maximum atomic E-state index is 12.2. The van der Waals surface area contributed by atoms with E-state index in [1.807, 2.05) is 54.6 Å². The molecule has 7 nitrogen and oxygen atoms in total. The Hall–Kier alpha value is -3.48. The number of ether oxygens (including phenoxy) is 3. The third kappa shape index (κ3) is 6.27. The molecule has 2 N–H and O–H groups in total. The summed E-state index contributed by atoms with van der Waals surface area (Å²) in [5.74, 6) is 0.991. The highest BCUT2D eigenvalue weighted by molar-refractivity contribution is 5.91. The van der Waals surface area contributed by atoms with Crippen molar-refractivity contribution in [2.45, 2.75) is 39.4 Å². The zero-order chi connectivity index (χ0) is 21.6. The van der Waals surface area contributed by atoms with Crippen LogP contribution in [0.2, 0.25) is 0 Å². The molecule has 2 aromatic carbocycles. The van der Waals surface area contributed by atoms with Gasteiger partial charge in [-0.05, 0) is 50.1 Å². The lowest BCUT2D eigenvalue weighted by Gasteiger charge is -2.21. The summed E-state index contributed by atoms with van der Waals surface area (Å²) in [7, 11) is 0. The van der Waals surface area contributed by atoms with Crippen molar-refractivity contribution < 1.29 is 23.8 Å². The first-order valence-corrected chi connectivity index (χ1v) is 9.71. The lowest BCUT2D eigenvalue weighted by molar-refractivity contribution is -0.121. The minimum absolute atomic E-state index is 0.0936. The Balaban J connectivity index is 1.56. The fourth-order valence-corrected chi connectivity index (χ4v) is 2.87. The Kier molecular flexibility index (Phi) is 6.61. The van der Waals surface area contributed by atoms with Gasteiger partial charge in [0.1, 0.15) is 30.3 Å². The number of benzene rings is 2. The maximum Gasteiger partial charge on any atom is 0.426 e. The predicted octanol–water partition coefficient (Wildman–Crippen LogP) is 3.99. The van der Waals surface area contributed by atoms with Gasteiger partial charge in [-0.3, -0.25) is 10.2 Å². The van der Waals surface area contributed by atoms with Crippen LogP contribution < -0.4 is 20.3 Å². The molecule has 0 bridgehead atoms. The van der Waals surface area contributed by atoms with Gasteiger partial charge in [0.25, 0.3) is 0 Å². The Morgan fingerprint density at radius 2 is 1.83 bits per heavy atom. The Labute approximate surface area is 176 Å². The average molecular weight is 410 g/mol. The predicted molar refractivity (Wildman–Crippen MR) is 113 cm³/mol. The smallest absolute Gasteiger partial charge is 0.426 e. The van der Waals surface area contributed by atoms with Gasteiger partial charge in [-0.1, -0.05) is 30.3 Å². The number of carbonyl (C=O) groups is 2. The van der Waals surface area contributed by atoms with Gasteiger partial charge in [-0.2, -0.15) is 0 Å². The first-order chi connectivity index (χ1) is 14.3. The number of hydrazine groups is 1. The van der Waals surface area contributed by atoms with Gasteiger partial charge in [0.05, 0.1) is 6.42 Å². The number of amides is 2. The minimum Gasteiger partial charge on any atom is -0.489 e. The van der Waals surface area contributed by atoms with Crippen LogP contribution in [0.3, 0.4) is 0 Å². The van der Waals surface area contributed by atoms with Crippen LogP contribution in [0.4, 0.5) is 4.79 Å². The van der Waals surface area contributed by atoms with E-state index in [0.717, 1.165) is 16.7 Å². The Bertz CT molecular complexity index is 932. The van der Waals surface area contributed by atoms with Crippen molar-refractivity contribution in [2.75, 3.05) is 6.61 Å². The quantitative estimate of drug-likeness (QED) is 0.728. The van der Waals surface area contributed by atoms with Crippen molar-refractivity contribution in [1.82, 2.24) is 10.9 Å². The number of hydrogen-bond acceptors (Lipinski definition) is 5. The van der Waals surface area contributed by atoms with Crippen LogP contribution in [0.15, 0.2) is 54.6 Å². The van der Waals surface area contributed by atoms with Gasteiger partial charge < -0.3 is 14.2 Å². The number of rotatable bonds is 5. The van der Waals surface area contributed by atoms with Gasteiger partial charge in [0, 0.05) is 11.6 Å². The van der Waals surface area contributed by atoms with Gasteiger partial charge in [-0.25, -0.2) is 10.2 Å². The van der Waals surface area contributed by atoms with Crippen LogP contribution in [-0.4, -0.2) is 24.2 Å². The van der Waals surface area contributed by atoms with Crippen LogP contribution >= 0.6 is 0 Å². The van der Waals surface area contributed by atoms with E-state index in [4.69, 9.17) is 14.2 Å². The monoisotopic (exact) mass is 410 g/mol. The second-order valence-electron chi connectivity index (χ2n) is 7.82. The molecule has 2 aromatic rings. The molecule has 0 fully saturated rings. The van der Waals surface area contributed by atoms with Crippen molar-refractivity contribution >= 4 is 17.6 Å². The maximum absolute atomic E-state index is 12.2. The second-order valence-corrected chi connectivity index (χ2v) is 7.82. The molecule has 0 saturated carbocycles.